The number of carboxylic acids is 1. The van der Waals surface area contributed by atoms with Gasteiger partial charge in [0.15, 0.2) is 5.60 Å². The number of hydrogen-bond donors (Lipinski definition) is 2. The van der Waals surface area contributed by atoms with Gasteiger partial charge >= 0.3 is 11.7 Å². The molecule has 0 aliphatic carbocycles. The fourth-order valence-corrected chi connectivity index (χ4v) is 3.78. The zero-order chi connectivity index (χ0) is 27.0. The van der Waals surface area contributed by atoms with Crippen LogP contribution in [0.3, 0.4) is 0 Å². The molecule has 1 heterocycles. The number of hydrogen-bond acceptors (Lipinski definition) is 6. The summed E-state index contributed by atoms with van der Waals surface area (Å²) in [6, 6.07) is 14.7. The van der Waals surface area contributed by atoms with Crippen LogP contribution < -0.4 is 20.5 Å². The number of nitrogens with one attached hydrogen (secondary N) is 1. The van der Waals surface area contributed by atoms with Gasteiger partial charge in [-0.25, -0.2) is 14.3 Å². The highest BCUT2D eigenvalue weighted by molar-refractivity contribution is 5.76. The summed E-state index contributed by atoms with van der Waals surface area (Å²) in [5.41, 5.74) is 0.333. The molecule has 0 aliphatic heterocycles. The second kappa shape index (κ2) is 12.2. The van der Waals surface area contributed by atoms with Crippen LogP contribution in [-0.2, 0) is 42.1 Å². The molecule has 2 N–H and O–H groups in total. The number of carboxylic acid groups (broad SMARTS) is 1. The van der Waals surface area contributed by atoms with Crippen molar-refractivity contribution in [3.63, 3.8) is 0 Å². The number of methoxy groups -OCH3 is 1. The zero-order valence-electron chi connectivity index (χ0n) is 21.7. The van der Waals surface area contributed by atoms with Gasteiger partial charge in [-0.2, -0.15) is 5.10 Å². The van der Waals surface area contributed by atoms with Gasteiger partial charge < -0.3 is 19.9 Å². The predicted molar refractivity (Wildman–Crippen MR) is 138 cm³/mol. The number of aryl methyl sites for hydroxylation is 2. The molecule has 0 radical (unpaired) electrons. The molecule has 0 aliphatic rings. The lowest BCUT2D eigenvalue weighted by molar-refractivity contribution is -0.152. The van der Waals surface area contributed by atoms with Crippen molar-refractivity contribution in [2.45, 2.75) is 65.3 Å². The summed E-state index contributed by atoms with van der Waals surface area (Å²) in [6.45, 7) is 5.50. The first-order valence-electron chi connectivity index (χ1n) is 12.2. The number of aliphatic carboxylic acids is 1. The SMILES string of the molecule is CCn1c(CCCc2ccc(OC(C)(C)C(=O)O)cc2)nn(CC(=O)NCc2cccc(OC)c2)c1=O. The molecule has 2 aromatic carbocycles. The van der Waals surface area contributed by atoms with Crippen LogP contribution in [0.2, 0.25) is 0 Å². The van der Waals surface area contributed by atoms with E-state index in [0.717, 1.165) is 24.0 Å². The van der Waals surface area contributed by atoms with Gasteiger partial charge in [0, 0.05) is 19.5 Å². The first-order chi connectivity index (χ1) is 17.6. The summed E-state index contributed by atoms with van der Waals surface area (Å²) in [6.07, 6.45) is 2.07. The second-order valence-corrected chi connectivity index (χ2v) is 9.14. The Labute approximate surface area is 215 Å². The van der Waals surface area contributed by atoms with Crippen LogP contribution in [0, 0.1) is 0 Å². The largest absolute Gasteiger partial charge is 0.497 e. The summed E-state index contributed by atoms with van der Waals surface area (Å²) in [4.78, 5) is 36.5. The first-order valence-corrected chi connectivity index (χ1v) is 12.2. The highest BCUT2D eigenvalue weighted by atomic mass is 16.5. The Balaban J connectivity index is 1.55. The molecule has 0 fully saturated rings. The minimum atomic E-state index is -1.31. The highest BCUT2D eigenvalue weighted by Gasteiger charge is 2.29. The number of rotatable bonds is 13. The Morgan fingerprint density at radius 3 is 2.43 bits per heavy atom. The van der Waals surface area contributed by atoms with Gasteiger partial charge in [-0.1, -0.05) is 24.3 Å². The fourth-order valence-electron chi connectivity index (χ4n) is 3.78. The molecule has 1 aromatic heterocycles. The van der Waals surface area contributed by atoms with Gasteiger partial charge in [0.1, 0.15) is 23.9 Å². The third kappa shape index (κ3) is 7.45. The van der Waals surface area contributed by atoms with Crippen LogP contribution in [-0.4, -0.2) is 44.0 Å². The van der Waals surface area contributed by atoms with E-state index in [-0.39, 0.29) is 18.1 Å². The maximum absolute atomic E-state index is 12.8. The number of ether oxygens (including phenoxy) is 2. The number of benzene rings is 2. The topological polar surface area (TPSA) is 125 Å². The van der Waals surface area contributed by atoms with Crippen molar-refractivity contribution in [3.8, 4) is 11.5 Å². The lowest BCUT2D eigenvalue weighted by Crippen LogP contribution is -2.37. The summed E-state index contributed by atoms with van der Waals surface area (Å²) in [5, 5.41) is 16.4. The summed E-state index contributed by atoms with van der Waals surface area (Å²) >= 11 is 0. The molecule has 1 amide bonds. The average Bonchev–Trinajstić information content (AvgIpc) is 3.17. The summed E-state index contributed by atoms with van der Waals surface area (Å²) in [5.74, 6) is 0.495. The second-order valence-electron chi connectivity index (χ2n) is 9.14. The zero-order valence-corrected chi connectivity index (χ0v) is 21.7. The first kappa shape index (κ1) is 27.5. The maximum Gasteiger partial charge on any atom is 0.347 e. The minimum absolute atomic E-state index is 0.156. The Bertz CT molecular complexity index is 1280. The van der Waals surface area contributed by atoms with E-state index < -0.39 is 11.6 Å². The van der Waals surface area contributed by atoms with Crippen LogP contribution in [0.15, 0.2) is 53.3 Å². The molecule has 0 atom stereocenters. The average molecular weight is 511 g/mol. The molecule has 0 spiro atoms. The smallest absolute Gasteiger partial charge is 0.347 e. The van der Waals surface area contributed by atoms with E-state index in [9.17, 15) is 19.5 Å². The summed E-state index contributed by atoms with van der Waals surface area (Å²) in [7, 11) is 1.59. The predicted octanol–water partition coefficient (Wildman–Crippen LogP) is 2.81. The standard InChI is InChI=1S/C27H34N4O6/c1-5-30-23(11-7-8-19-12-14-21(15-13-19)37-27(2,3)25(33)34)29-31(26(30)35)18-24(32)28-17-20-9-6-10-22(16-20)36-4/h6,9-10,12-16H,5,7-8,11,17-18H2,1-4H3,(H,28,32)(H,33,34). The molecule has 0 saturated carbocycles. The minimum Gasteiger partial charge on any atom is -0.497 e. The van der Waals surface area contributed by atoms with E-state index in [1.807, 2.05) is 43.3 Å². The number of amides is 1. The van der Waals surface area contributed by atoms with Crippen molar-refractivity contribution >= 4 is 11.9 Å². The van der Waals surface area contributed by atoms with Crippen molar-refractivity contribution < 1.29 is 24.2 Å². The lowest BCUT2D eigenvalue weighted by atomic mass is 10.1. The molecule has 37 heavy (non-hydrogen) atoms. The van der Waals surface area contributed by atoms with Crippen LogP contribution in [0.5, 0.6) is 11.5 Å². The Morgan fingerprint density at radius 1 is 1.05 bits per heavy atom. The van der Waals surface area contributed by atoms with E-state index in [1.165, 1.54) is 18.5 Å². The van der Waals surface area contributed by atoms with E-state index in [4.69, 9.17) is 9.47 Å². The van der Waals surface area contributed by atoms with E-state index in [0.29, 0.717) is 36.8 Å². The van der Waals surface area contributed by atoms with Gasteiger partial charge in [0.25, 0.3) is 0 Å². The quantitative estimate of drug-likeness (QED) is 0.362. The summed E-state index contributed by atoms with van der Waals surface area (Å²) < 4.78 is 13.5. The van der Waals surface area contributed by atoms with Crippen LogP contribution in [0.25, 0.3) is 0 Å². The molecule has 3 rings (SSSR count). The Kier molecular flexibility index (Phi) is 9.10. The van der Waals surface area contributed by atoms with Crippen molar-refractivity contribution in [1.82, 2.24) is 19.7 Å². The van der Waals surface area contributed by atoms with E-state index in [2.05, 4.69) is 10.4 Å². The van der Waals surface area contributed by atoms with Gasteiger partial charge in [-0.3, -0.25) is 9.36 Å². The maximum atomic E-state index is 12.8. The van der Waals surface area contributed by atoms with Crippen molar-refractivity contribution in [2.24, 2.45) is 0 Å². The Morgan fingerprint density at radius 2 is 1.78 bits per heavy atom. The molecular weight excluding hydrogens is 476 g/mol. The van der Waals surface area contributed by atoms with E-state index in [1.54, 1.807) is 23.8 Å². The third-order valence-corrected chi connectivity index (χ3v) is 5.91. The monoisotopic (exact) mass is 510 g/mol. The molecule has 10 nitrogen and oxygen atoms in total. The van der Waals surface area contributed by atoms with Gasteiger partial charge in [-0.15, -0.1) is 0 Å². The van der Waals surface area contributed by atoms with Crippen LogP contribution in [0.4, 0.5) is 0 Å². The molecule has 3 aromatic rings. The Hall–Kier alpha value is -4.08. The lowest BCUT2D eigenvalue weighted by Gasteiger charge is -2.21. The van der Waals surface area contributed by atoms with Gasteiger partial charge in [-0.05, 0) is 69.0 Å². The molecule has 0 bridgehead atoms. The number of nitrogens with zero attached hydrogens (tertiary/aromatic N) is 3. The molecule has 0 saturated heterocycles. The van der Waals surface area contributed by atoms with Crippen molar-refractivity contribution in [2.75, 3.05) is 7.11 Å². The molecule has 198 valence electrons. The van der Waals surface area contributed by atoms with Gasteiger partial charge in [0.05, 0.1) is 7.11 Å². The fraction of sp³-hybridized carbons (Fsp3) is 0.407. The third-order valence-electron chi connectivity index (χ3n) is 5.91. The van der Waals surface area contributed by atoms with Crippen molar-refractivity contribution in [3.05, 3.63) is 76.0 Å². The molecule has 10 heteroatoms. The number of carbonyl (C=O) groups is 2. The van der Waals surface area contributed by atoms with Crippen LogP contribution >= 0.6 is 0 Å². The molecule has 0 unspecified atom stereocenters. The van der Waals surface area contributed by atoms with Crippen LogP contribution in [0.1, 0.15) is 44.1 Å². The van der Waals surface area contributed by atoms with Gasteiger partial charge in [0.2, 0.25) is 5.91 Å². The van der Waals surface area contributed by atoms with E-state index >= 15 is 0 Å². The highest BCUT2D eigenvalue weighted by Crippen LogP contribution is 2.20. The number of carbonyl (C=O) groups excluding carboxylic acids is 1. The van der Waals surface area contributed by atoms with Crippen molar-refractivity contribution in [1.29, 1.82) is 0 Å². The molecular formula is C27H34N4O6. The number of aromatic nitrogens is 3. The normalized spacial score (nSPS) is 11.2.